The summed E-state index contributed by atoms with van der Waals surface area (Å²) < 4.78 is 8.10. The zero-order valence-corrected chi connectivity index (χ0v) is 17.0. The molecule has 2 aromatic carbocycles. The van der Waals surface area contributed by atoms with E-state index in [1.807, 2.05) is 60.4 Å². The number of ether oxygens (including phenoxy) is 1. The van der Waals surface area contributed by atoms with E-state index in [1.54, 1.807) is 0 Å². The Hall–Kier alpha value is -1.50. The number of rotatable bonds is 1. The number of fused-ring (bicyclic) bond motifs is 2. The summed E-state index contributed by atoms with van der Waals surface area (Å²) in [5.41, 5.74) is 2.96. The highest BCUT2D eigenvalue weighted by molar-refractivity contribution is 6.31. The second-order valence-electron chi connectivity index (χ2n) is 5.80. The number of pyridine rings is 1. The van der Waals surface area contributed by atoms with Crippen molar-refractivity contribution in [2.75, 3.05) is 5.32 Å². The topological polar surface area (TPSA) is 25.1 Å². The summed E-state index contributed by atoms with van der Waals surface area (Å²) in [4.78, 5) is 0. The Balaban J connectivity index is 0.00000182. The number of nitrogens with zero attached hydrogens (tertiary/aromatic N) is 1. The quantitative estimate of drug-likeness (QED) is 0.423. The Labute approximate surface area is 173 Å². The fourth-order valence-corrected chi connectivity index (χ4v) is 3.21. The van der Waals surface area contributed by atoms with Crippen molar-refractivity contribution in [3.05, 3.63) is 82.1 Å². The molecule has 0 aliphatic carbocycles. The molecule has 2 heterocycles. The lowest BCUT2D eigenvalue weighted by atomic mass is 9.98. The first-order valence-electron chi connectivity index (χ1n) is 7.59. The van der Waals surface area contributed by atoms with Crippen molar-refractivity contribution in [3.8, 4) is 11.5 Å². The van der Waals surface area contributed by atoms with E-state index in [2.05, 4.69) is 17.4 Å². The standard InChI is InChI=1S/C19H15Cl2N2O.HI/c1-23-8-6-12(7-9-23)19-15-10-13(20)2-4-17(15)24-18-5-3-14(21)11-16(18)22-19;/h2-11,19,22H,1H3;1H/q+1;/p-1. The highest BCUT2D eigenvalue weighted by Crippen LogP contribution is 2.43. The number of hydrogen-bond donors (Lipinski definition) is 1. The third kappa shape index (κ3) is 3.71. The van der Waals surface area contributed by atoms with E-state index in [-0.39, 0.29) is 30.0 Å². The lowest BCUT2D eigenvalue weighted by Gasteiger charge is -2.19. The second-order valence-corrected chi connectivity index (χ2v) is 6.67. The largest absolute Gasteiger partial charge is 1.00 e. The zero-order chi connectivity index (χ0) is 16.7. The molecule has 3 nitrogen and oxygen atoms in total. The molecule has 6 heteroatoms. The molecule has 4 rings (SSSR count). The van der Waals surface area contributed by atoms with Crippen LogP contribution in [0.2, 0.25) is 10.0 Å². The predicted octanol–water partition coefficient (Wildman–Crippen LogP) is 2.13. The summed E-state index contributed by atoms with van der Waals surface area (Å²) in [6, 6.07) is 15.3. The van der Waals surface area contributed by atoms with Gasteiger partial charge in [-0.3, -0.25) is 0 Å². The normalized spacial score (nSPS) is 14.9. The van der Waals surface area contributed by atoms with Crippen molar-refractivity contribution in [2.24, 2.45) is 7.05 Å². The molecule has 1 aromatic heterocycles. The van der Waals surface area contributed by atoms with Crippen LogP contribution in [0, 0.1) is 0 Å². The van der Waals surface area contributed by atoms with E-state index in [0.717, 1.165) is 28.3 Å². The molecule has 0 fully saturated rings. The number of aromatic nitrogens is 1. The van der Waals surface area contributed by atoms with Crippen LogP contribution in [-0.2, 0) is 7.05 Å². The summed E-state index contributed by atoms with van der Waals surface area (Å²) in [5, 5.41) is 4.88. The molecule has 0 radical (unpaired) electrons. The van der Waals surface area contributed by atoms with Gasteiger partial charge < -0.3 is 34.0 Å². The summed E-state index contributed by atoms with van der Waals surface area (Å²) >= 11 is 12.4. The first kappa shape index (κ1) is 18.3. The predicted molar refractivity (Wildman–Crippen MR) is 96.1 cm³/mol. The Bertz CT molecular complexity index is 916. The van der Waals surface area contributed by atoms with Gasteiger partial charge in [0.2, 0.25) is 0 Å². The average Bonchev–Trinajstić information content (AvgIpc) is 2.72. The van der Waals surface area contributed by atoms with Crippen LogP contribution >= 0.6 is 23.2 Å². The first-order valence-corrected chi connectivity index (χ1v) is 8.34. The minimum Gasteiger partial charge on any atom is -1.00 e. The molecule has 1 atom stereocenters. The fraction of sp³-hybridized carbons (Fsp3) is 0.105. The van der Waals surface area contributed by atoms with Crippen LogP contribution in [0.3, 0.4) is 0 Å². The van der Waals surface area contributed by atoms with Crippen molar-refractivity contribution in [1.82, 2.24) is 0 Å². The van der Waals surface area contributed by atoms with Gasteiger partial charge in [0.15, 0.2) is 18.1 Å². The molecular weight excluding hydrogens is 470 g/mol. The first-order chi connectivity index (χ1) is 11.6. The third-order valence-electron chi connectivity index (χ3n) is 4.08. The van der Waals surface area contributed by atoms with E-state index in [4.69, 9.17) is 27.9 Å². The fourth-order valence-electron chi connectivity index (χ4n) is 2.86. The Morgan fingerprint density at radius 3 is 2.28 bits per heavy atom. The number of hydrogen-bond acceptors (Lipinski definition) is 2. The van der Waals surface area contributed by atoms with Gasteiger partial charge in [-0.1, -0.05) is 23.2 Å². The van der Waals surface area contributed by atoms with Crippen LogP contribution in [0.5, 0.6) is 11.5 Å². The van der Waals surface area contributed by atoms with Gasteiger partial charge in [0.25, 0.3) is 0 Å². The lowest BCUT2D eigenvalue weighted by molar-refractivity contribution is -0.671. The summed E-state index contributed by atoms with van der Waals surface area (Å²) in [7, 11) is 1.99. The van der Waals surface area contributed by atoms with Crippen molar-refractivity contribution in [3.63, 3.8) is 0 Å². The summed E-state index contributed by atoms with van der Waals surface area (Å²) in [6.45, 7) is 0. The Morgan fingerprint density at radius 1 is 0.920 bits per heavy atom. The molecule has 25 heavy (non-hydrogen) atoms. The van der Waals surface area contributed by atoms with Gasteiger partial charge >= 0.3 is 0 Å². The molecule has 0 amide bonds. The van der Waals surface area contributed by atoms with Crippen LogP contribution in [0.25, 0.3) is 0 Å². The molecule has 0 spiro atoms. The smallest absolute Gasteiger partial charge is 0.168 e. The number of anilines is 1. The number of nitrogens with one attached hydrogen (secondary N) is 1. The molecule has 1 aliphatic heterocycles. The second kappa shape index (κ2) is 7.40. The van der Waals surface area contributed by atoms with Crippen LogP contribution in [0.1, 0.15) is 17.2 Å². The Kier molecular flexibility index (Phi) is 5.41. The highest BCUT2D eigenvalue weighted by Gasteiger charge is 2.25. The van der Waals surface area contributed by atoms with Crippen molar-refractivity contribution >= 4 is 28.9 Å². The van der Waals surface area contributed by atoms with E-state index >= 15 is 0 Å². The summed E-state index contributed by atoms with van der Waals surface area (Å²) in [5.74, 6) is 1.53. The van der Waals surface area contributed by atoms with E-state index in [1.165, 1.54) is 0 Å². The molecule has 1 aliphatic rings. The van der Waals surface area contributed by atoms with Gasteiger partial charge in [-0.15, -0.1) is 0 Å². The molecule has 128 valence electrons. The molecular formula is C19H15Cl2IN2O. The van der Waals surface area contributed by atoms with Gasteiger partial charge in [0, 0.05) is 27.7 Å². The number of benzene rings is 2. The van der Waals surface area contributed by atoms with Crippen LogP contribution in [-0.4, -0.2) is 0 Å². The van der Waals surface area contributed by atoms with Crippen molar-refractivity contribution in [1.29, 1.82) is 0 Å². The van der Waals surface area contributed by atoms with Gasteiger partial charge in [-0.25, -0.2) is 4.57 Å². The van der Waals surface area contributed by atoms with Gasteiger partial charge in [0.05, 0.1) is 11.7 Å². The Morgan fingerprint density at radius 2 is 1.56 bits per heavy atom. The highest BCUT2D eigenvalue weighted by atomic mass is 127. The van der Waals surface area contributed by atoms with Gasteiger partial charge in [-0.2, -0.15) is 0 Å². The third-order valence-corrected chi connectivity index (χ3v) is 4.55. The molecule has 0 saturated heterocycles. The number of halogens is 3. The zero-order valence-electron chi connectivity index (χ0n) is 13.3. The van der Waals surface area contributed by atoms with E-state index < -0.39 is 0 Å². The van der Waals surface area contributed by atoms with E-state index in [9.17, 15) is 0 Å². The molecule has 0 saturated carbocycles. The average molecular weight is 485 g/mol. The van der Waals surface area contributed by atoms with Gasteiger partial charge in [-0.05, 0) is 42.0 Å². The lowest BCUT2D eigenvalue weighted by Crippen LogP contribution is -3.00. The maximum absolute atomic E-state index is 6.24. The molecule has 3 aromatic rings. The van der Waals surface area contributed by atoms with Crippen molar-refractivity contribution < 1.29 is 33.3 Å². The maximum Gasteiger partial charge on any atom is 0.168 e. The molecule has 1 unspecified atom stereocenters. The van der Waals surface area contributed by atoms with E-state index in [0.29, 0.717) is 10.0 Å². The van der Waals surface area contributed by atoms with Crippen LogP contribution in [0.4, 0.5) is 5.69 Å². The van der Waals surface area contributed by atoms with Gasteiger partial charge in [0.1, 0.15) is 12.8 Å². The van der Waals surface area contributed by atoms with Crippen molar-refractivity contribution in [2.45, 2.75) is 6.04 Å². The molecule has 1 N–H and O–H groups in total. The maximum atomic E-state index is 6.24. The monoisotopic (exact) mass is 484 g/mol. The van der Waals surface area contributed by atoms with Crippen LogP contribution in [0.15, 0.2) is 60.9 Å². The summed E-state index contributed by atoms with van der Waals surface area (Å²) in [6.07, 6.45) is 4.04. The molecule has 0 bridgehead atoms. The van der Waals surface area contributed by atoms with Crippen LogP contribution < -0.4 is 38.6 Å². The minimum atomic E-state index is -0.0837. The minimum absolute atomic E-state index is 0. The number of aryl methyl sites for hydroxylation is 1. The SMILES string of the molecule is C[n+]1ccc(C2Nc3cc(Cl)ccc3Oc3ccc(Cl)cc32)cc1.[I-].